The van der Waals surface area contributed by atoms with Crippen LogP contribution in [0.15, 0.2) is 12.1 Å². The number of rotatable bonds is 4. The van der Waals surface area contributed by atoms with E-state index in [1.54, 1.807) is 7.11 Å². The van der Waals surface area contributed by atoms with Gasteiger partial charge in [0, 0.05) is 17.1 Å². The lowest BCUT2D eigenvalue weighted by atomic mass is 9.74. The van der Waals surface area contributed by atoms with Gasteiger partial charge in [-0.1, -0.05) is 38.8 Å². The molecular formula is C18H28ClNO. The van der Waals surface area contributed by atoms with Gasteiger partial charge in [0.25, 0.3) is 0 Å². The smallest absolute Gasteiger partial charge is 0.143 e. The summed E-state index contributed by atoms with van der Waals surface area (Å²) in [5.41, 5.74) is 2.16. The standard InChI is InChI=1S/C18H28ClNO/c1-11(2)14-7-6-12(3)8-16(14)20-17-9-13(4)15(19)10-18(17)21-5/h9-12,14,16,20H,6-8H2,1-5H3. The highest BCUT2D eigenvalue weighted by atomic mass is 35.5. The Labute approximate surface area is 134 Å². The molecule has 3 atom stereocenters. The minimum Gasteiger partial charge on any atom is -0.495 e. The Hall–Kier alpha value is -0.890. The number of nitrogens with one attached hydrogen (secondary N) is 1. The molecular weight excluding hydrogens is 282 g/mol. The predicted molar refractivity (Wildman–Crippen MR) is 91.5 cm³/mol. The number of ether oxygens (including phenoxy) is 1. The normalized spacial score (nSPS) is 26.0. The Balaban J connectivity index is 2.24. The first-order valence-corrected chi connectivity index (χ1v) is 8.40. The van der Waals surface area contributed by atoms with E-state index in [1.807, 2.05) is 13.0 Å². The van der Waals surface area contributed by atoms with E-state index in [9.17, 15) is 0 Å². The Morgan fingerprint density at radius 2 is 2.00 bits per heavy atom. The summed E-state index contributed by atoms with van der Waals surface area (Å²) < 4.78 is 5.50. The molecule has 21 heavy (non-hydrogen) atoms. The Kier molecular flexibility index (Phi) is 5.43. The third kappa shape index (κ3) is 3.85. The molecule has 1 fully saturated rings. The van der Waals surface area contributed by atoms with Crippen molar-refractivity contribution in [3.05, 3.63) is 22.7 Å². The third-order valence-electron chi connectivity index (χ3n) is 4.84. The predicted octanol–water partition coefficient (Wildman–Crippen LogP) is 5.53. The van der Waals surface area contributed by atoms with Crippen molar-refractivity contribution < 1.29 is 4.74 Å². The molecule has 2 rings (SSSR count). The average Bonchev–Trinajstić information content (AvgIpc) is 2.42. The van der Waals surface area contributed by atoms with E-state index in [1.165, 1.54) is 19.3 Å². The van der Waals surface area contributed by atoms with Gasteiger partial charge in [0.1, 0.15) is 5.75 Å². The molecule has 0 bridgehead atoms. The van der Waals surface area contributed by atoms with Crippen LogP contribution < -0.4 is 10.1 Å². The Morgan fingerprint density at radius 1 is 1.29 bits per heavy atom. The zero-order valence-electron chi connectivity index (χ0n) is 13.9. The average molecular weight is 310 g/mol. The number of hydrogen-bond donors (Lipinski definition) is 1. The number of halogens is 1. The van der Waals surface area contributed by atoms with Crippen molar-refractivity contribution in [2.24, 2.45) is 17.8 Å². The first-order valence-electron chi connectivity index (χ1n) is 8.03. The van der Waals surface area contributed by atoms with Crippen molar-refractivity contribution in [2.45, 2.75) is 53.0 Å². The zero-order chi connectivity index (χ0) is 15.6. The van der Waals surface area contributed by atoms with Gasteiger partial charge in [0.05, 0.1) is 12.8 Å². The van der Waals surface area contributed by atoms with Gasteiger partial charge in [-0.3, -0.25) is 0 Å². The van der Waals surface area contributed by atoms with E-state index in [0.717, 1.165) is 33.9 Å². The fraction of sp³-hybridized carbons (Fsp3) is 0.667. The SMILES string of the molecule is COc1cc(Cl)c(C)cc1NC1CC(C)CCC1C(C)C. The van der Waals surface area contributed by atoms with Crippen LogP contribution in [0.2, 0.25) is 5.02 Å². The summed E-state index contributed by atoms with van der Waals surface area (Å²) in [7, 11) is 1.70. The lowest BCUT2D eigenvalue weighted by Gasteiger charge is -2.38. The van der Waals surface area contributed by atoms with Gasteiger partial charge in [0.15, 0.2) is 0 Å². The van der Waals surface area contributed by atoms with E-state index in [2.05, 4.69) is 32.2 Å². The molecule has 3 unspecified atom stereocenters. The molecule has 118 valence electrons. The zero-order valence-corrected chi connectivity index (χ0v) is 14.6. The maximum Gasteiger partial charge on any atom is 0.143 e. The maximum atomic E-state index is 6.20. The minimum absolute atomic E-state index is 0.517. The van der Waals surface area contributed by atoms with Gasteiger partial charge < -0.3 is 10.1 Å². The van der Waals surface area contributed by atoms with Crippen LogP contribution in [-0.4, -0.2) is 13.2 Å². The molecule has 0 spiro atoms. The van der Waals surface area contributed by atoms with Crippen molar-refractivity contribution in [3.63, 3.8) is 0 Å². The molecule has 1 N–H and O–H groups in total. The minimum atomic E-state index is 0.517. The van der Waals surface area contributed by atoms with Gasteiger partial charge in [-0.2, -0.15) is 0 Å². The van der Waals surface area contributed by atoms with Crippen molar-refractivity contribution in [2.75, 3.05) is 12.4 Å². The number of hydrogen-bond acceptors (Lipinski definition) is 2. The van der Waals surface area contributed by atoms with Gasteiger partial charge in [-0.15, -0.1) is 0 Å². The summed E-state index contributed by atoms with van der Waals surface area (Å²) in [6.07, 6.45) is 3.89. The molecule has 1 aromatic carbocycles. The molecule has 0 saturated heterocycles. The van der Waals surface area contributed by atoms with Gasteiger partial charge in [0.2, 0.25) is 0 Å². The number of aryl methyl sites for hydroxylation is 1. The highest BCUT2D eigenvalue weighted by Gasteiger charge is 2.31. The Morgan fingerprint density at radius 3 is 2.62 bits per heavy atom. The van der Waals surface area contributed by atoms with Crippen LogP contribution in [0.3, 0.4) is 0 Å². The van der Waals surface area contributed by atoms with E-state index < -0.39 is 0 Å². The van der Waals surface area contributed by atoms with Gasteiger partial charge in [-0.25, -0.2) is 0 Å². The van der Waals surface area contributed by atoms with Crippen LogP contribution in [0.1, 0.15) is 45.6 Å². The fourth-order valence-electron chi connectivity index (χ4n) is 3.51. The van der Waals surface area contributed by atoms with E-state index in [0.29, 0.717) is 12.0 Å². The van der Waals surface area contributed by atoms with Crippen molar-refractivity contribution in [1.29, 1.82) is 0 Å². The highest BCUT2D eigenvalue weighted by molar-refractivity contribution is 6.31. The van der Waals surface area contributed by atoms with E-state index in [4.69, 9.17) is 16.3 Å². The van der Waals surface area contributed by atoms with Crippen molar-refractivity contribution in [3.8, 4) is 5.75 Å². The van der Waals surface area contributed by atoms with Crippen LogP contribution in [0.25, 0.3) is 0 Å². The molecule has 1 aliphatic carbocycles. The molecule has 0 aromatic heterocycles. The number of methoxy groups -OCH3 is 1. The molecule has 0 radical (unpaired) electrons. The summed E-state index contributed by atoms with van der Waals surface area (Å²) in [5.74, 6) is 3.06. The molecule has 1 aromatic rings. The topological polar surface area (TPSA) is 21.3 Å². The second-order valence-electron chi connectivity index (χ2n) is 6.88. The maximum absolute atomic E-state index is 6.20. The fourth-order valence-corrected chi connectivity index (χ4v) is 3.67. The second kappa shape index (κ2) is 6.91. The summed E-state index contributed by atoms with van der Waals surface area (Å²) in [5, 5.41) is 4.51. The molecule has 1 saturated carbocycles. The third-order valence-corrected chi connectivity index (χ3v) is 5.25. The van der Waals surface area contributed by atoms with E-state index in [-0.39, 0.29) is 0 Å². The molecule has 0 aliphatic heterocycles. The van der Waals surface area contributed by atoms with Crippen LogP contribution in [-0.2, 0) is 0 Å². The van der Waals surface area contributed by atoms with Crippen LogP contribution >= 0.6 is 11.6 Å². The second-order valence-corrected chi connectivity index (χ2v) is 7.29. The molecule has 0 heterocycles. The van der Waals surface area contributed by atoms with Crippen LogP contribution in [0.5, 0.6) is 5.75 Å². The monoisotopic (exact) mass is 309 g/mol. The van der Waals surface area contributed by atoms with Crippen LogP contribution in [0, 0.1) is 24.7 Å². The van der Waals surface area contributed by atoms with Gasteiger partial charge in [-0.05, 0) is 49.1 Å². The first kappa shape index (κ1) is 16.5. The lowest BCUT2D eigenvalue weighted by Crippen LogP contribution is -2.37. The quantitative estimate of drug-likeness (QED) is 0.789. The van der Waals surface area contributed by atoms with Crippen molar-refractivity contribution >= 4 is 17.3 Å². The molecule has 1 aliphatic rings. The lowest BCUT2D eigenvalue weighted by molar-refractivity contribution is 0.211. The summed E-state index contributed by atoms with van der Waals surface area (Å²) in [4.78, 5) is 0. The summed E-state index contributed by atoms with van der Waals surface area (Å²) in [6, 6.07) is 4.54. The first-order chi connectivity index (χ1) is 9.92. The number of anilines is 1. The van der Waals surface area contributed by atoms with Crippen molar-refractivity contribution in [1.82, 2.24) is 0 Å². The van der Waals surface area contributed by atoms with E-state index >= 15 is 0 Å². The van der Waals surface area contributed by atoms with Crippen LogP contribution in [0.4, 0.5) is 5.69 Å². The number of benzene rings is 1. The largest absolute Gasteiger partial charge is 0.495 e. The Bertz CT molecular complexity index is 486. The van der Waals surface area contributed by atoms with Gasteiger partial charge >= 0.3 is 0 Å². The highest BCUT2D eigenvalue weighted by Crippen LogP contribution is 2.38. The summed E-state index contributed by atoms with van der Waals surface area (Å²) >= 11 is 6.20. The molecule has 2 nitrogen and oxygen atoms in total. The molecule has 0 amide bonds. The summed E-state index contributed by atoms with van der Waals surface area (Å²) in [6.45, 7) is 9.06. The molecule has 3 heteroatoms.